The van der Waals surface area contributed by atoms with Gasteiger partial charge in [-0.25, -0.2) is 0 Å². The third-order valence-electron chi connectivity index (χ3n) is 3.42. The van der Waals surface area contributed by atoms with Gasteiger partial charge in [0.25, 0.3) is 0 Å². The molecule has 0 amide bonds. The van der Waals surface area contributed by atoms with Crippen LogP contribution in [-0.2, 0) is 4.74 Å². The molecule has 1 saturated carbocycles. The predicted molar refractivity (Wildman–Crippen MR) is 69.7 cm³/mol. The first-order valence-electron chi connectivity index (χ1n) is 6.84. The van der Waals surface area contributed by atoms with E-state index in [1.54, 1.807) is 0 Å². The number of rotatable bonds is 7. The van der Waals surface area contributed by atoms with Crippen molar-refractivity contribution in [2.75, 3.05) is 13.2 Å². The average molecular weight is 227 g/mol. The van der Waals surface area contributed by atoms with E-state index in [-0.39, 0.29) is 0 Å². The molecule has 1 unspecified atom stereocenters. The molecule has 0 spiro atoms. The number of unbranched alkanes of at least 4 members (excludes halogenated alkanes) is 1. The molecule has 1 fully saturated rings. The molecular formula is C14H29NO. The number of nitrogens with one attached hydrogen (secondary N) is 1. The van der Waals surface area contributed by atoms with E-state index in [1.807, 2.05) is 0 Å². The molecule has 1 aliphatic carbocycles. The number of hydrogen-bond donors (Lipinski definition) is 1. The average Bonchev–Trinajstić information content (AvgIpc) is 2.51. The Balaban J connectivity index is 1.92. The predicted octanol–water partition coefficient (Wildman–Crippen LogP) is 3.36. The standard InChI is InChI=1S/C14H29NO/c1-12(2)16-10-6-5-9-15-13-7-8-14(3,4)11-13/h12-13,15H,5-11H2,1-4H3. The van der Waals surface area contributed by atoms with Gasteiger partial charge in [0.1, 0.15) is 0 Å². The highest BCUT2D eigenvalue weighted by Gasteiger charge is 2.30. The first kappa shape index (κ1) is 14.0. The third-order valence-corrected chi connectivity index (χ3v) is 3.42. The van der Waals surface area contributed by atoms with Crippen molar-refractivity contribution in [2.24, 2.45) is 5.41 Å². The summed E-state index contributed by atoms with van der Waals surface area (Å²) >= 11 is 0. The van der Waals surface area contributed by atoms with Gasteiger partial charge in [0.2, 0.25) is 0 Å². The van der Waals surface area contributed by atoms with E-state index in [2.05, 4.69) is 33.0 Å². The third kappa shape index (κ3) is 5.86. The van der Waals surface area contributed by atoms with Crippen LogP contribution >= 0.6 is 0 Å². The minimum Gasteiger partial charge on any atom is -0.379 e. The molecule has 0 saturated heterocycles. The minimum absolute atomic E-state index is 0.378. The Bertz CT molecular complexity index is 189. The van der Waals surface area contributed by atoms with Gasteiger partial charge < -0.3 is 10.1 Å². The lowest BCUT2D eigenvalue weighted by Gasteiger charge is -2.17. The molecule has 0 aromatic carbocycles. The quantitative estimate of drug-likeness (QED) is 0.673. The van der Waals surface area contributed by atoms with E-state index in [1.165, 1.54) is 32.1 Å². The van der Waals surface area contributed by atoms with Crippen molar-refractivity contribution in [2.45, 2.75) is 71.9 Å². The number of ether oxygens (including phenoxy) is 1. The second kappa shape index (κ2) is 6.61. The van der Waals surface area contributed by atoms with Crippen LogP contribution < -0.4 is 5.32 Å². The molecule has 0 radical (unpaired) electrons. The molecule has 0 aromatic rings. The van der Waals surface area contributed by atoms with Gasteiger partial charge in [0, 0.05) is 12.6 Å². The summed E-state index contributed by atoms with van der Waals surface area (Å²) in [5, 5.41) is 3.67. The lowest BCUT2D eigenvalue weighted by atomic mass is 9.92. The molecule has 0 bridgehead atoms. The molecule has 2 nitrogen and oxygen atoms in total. The summed E-state index contributed by atoms with van der Waals surface area (Å²) in [4.78, 5) is 0. The van der Waals surface area contributed by atoms with Crippen LogP contribution in [0.1, 0.15) is 59.8 Å². The van der Waals surface area contributed by atoms with E-state index in [0.29, 0.717) is 11.5 Å². The largest absolute Gasteiger partial charge is 0.379 e. The molecule has 0 heterocycles. The highest BCUT2D eigenvalue weighted by molar-refractivity contribution is 4.86. The highest BCUT2D eigenvalue weighted by Crippen LogP contribution is 2.36. The zero-order valence-electron chi connectivity index (χ0n) is 11.5. The highest BCUT2D eigenvalue weighted by atomic mass is 16.5. The van der Waals surface area contributed by atoms with E-state index in [0.717, 1.165) is 19.2 Å². The van der Waals surface area contributed by atoms with Gasteiger partial charge in [0.15, 0.2) is 0 Å². The molecule has 1 N–H and O–H groups in total. The van der Waals surface area contributed by atoms with E-state index < -0.39 is 0 Å². The zero-order valence-corrected chi connectivity index (χ0v) is 11.5. The zero-order chi connectivity index (χ0) is 12.0. The second-order valence-electron chi connectivity index (χ2n) is 6.18. The van der Waals surface area contributed by atoms with Crippen LogP contribution in [0.2, 0.25) is 0 Å². The van der Waals surface area contributed by atoms with Crippen LogP contribution in [0.3, 0.4) is 0 Å². The van der Waals surface area contributed by atoms with Crippen molar-refractivity contribution >= 4 is 0 Å². The Morgan fingerprint density at radius 3 is 2.62 bits per heavy atom. The van der Waals surface area contributed by atoms with Gasteiger partial charge in [-0.2, -0.15) is 0 Å². The van der Waals surface area contributed by atoms with Gasteiger partial charge >= 0.3 is 0 Å². The van der Waals surface area contributed by atoms with Gasteiger partial charge in [-0.15, -0.1) is 0 Å². The minimum atomic E-state index is 0.378. The summed E-state index contributed by atoms with van der Waals surface area (Å²) in [6, 6.07) is 0.765. The topological polar surface area (TPSA) is 21.3 Å². The molecule has 96 valence electrons. The Morgan fingerprint density at radius 1 is 1.31 bits per heavy atom. The normalized spacial score (nSPS) is 24.2. The van der Waals surface area contributed by atoms with Crippen LogP contribution in [0.4, 0.5) is 0 Å². The summed E-state index contributed by atoms with van der Waals surface area (Å²) in [6.07, 6.45) is 6.88. The maximum atomic E-state index is 5.52. The molecule has 1 atom stereocenters. The lowest BCUT2D eigenvalue weighted by Crippen LogP contribution is -2.28. The van der Waals surface area contributed by atoms with E-state index >= 15 is 0 Å². The fraction of sp³-hybridized carbons (Fsp3) is 1.00. The summed E-state index contributed by atoms with van der Waals surface area (Å²) in [6.45, 7) is 11.0. The van der Waals surface area contributed by atoms with Crippen LogP contribution in [-0.4, -0.2) is 25.3 Å². The maximum absolute atomic E-state index is 5.52. The fourth-order valence-electron chi connectivity index (χ4n) is 2.46. The van der Waals surface area contributed by atoms with Crippen molar-refractivity contribution in [3.05, 3.63) is 0 Å². The van der Waals surface area contributed by atoms with Crippen molar-refractivity contribution in [3.63, 3.8) is 0 Å². The summed E-state index contributed by atoms with van der Waals surface area (Å²) in [5.41, 5.74) is 0.568. The first-order valence-corrected chi connectivity index (χ1v) is 6.84. The summed E-state index contributed by atoms with van der Waals surface area (Å²) < 4.78 is 5.52. The van der Waals surface area contributed by atoms with Crippen molar-refractivity contribution in [1.29, 1.82) is 0 Å². The van der Waals surface area contributed by atoms with Crippen molar-refractivity contribution < 1.29 is 4.74 Å². The van der Waals surface area contributed by atoms with Crippen molar-refractivity contribution in [1.82, 2.24) is 5.32 Å². The van der Waals surface area contributed by atoms with Gasteiger partial charge in [-0.3, -0.25) is 0 Å². The Kier molecular flexibility index (Phi) is 5.77. The summed E-state index contributed by atoms with van der Waals surface area (Å²) in [7, 11) is 0. The molecule has 0 aromatic heterocycles. The van der Waals surface area contributed by atoms with Crippen LogP contribution in [0.15, 0.2) is 0 Å². The van der Waals surface area contributed by atoms with Crippen LogP contribution in [0, 0.1) is 5.41 Å². The number of hydrogen-bond acceptors (Lipinski definition) is 2. The second-order valence-corrected chi connectivity index (χ2v) is 6.18. The lowest BCUT2D eigenvalue weighted by molar-refractivity contribution is 0.0759. The smallest absolute Gasteiger partial charge is 0.0518 e. The molecule has 16 heavy (non-hydrogen) atoms. The van der Waals surface area contributed by atoms with Crippen LogP contribution in [0.5, 0.6) is 0 Å². The Hall–Kier alpha value is -0.0800. The van der Waals surface area contributed by atoms with E-state index in [4.69, 9.17) is 4.74 Å². The van der Waals surface area contributed by atoms with Gasteiger partial charge in [-0.1, -0.05) is 13.8 Å². The molecular weight excluding hydrogens is 198 g/mol. The monoisotopic (exact) mass is 227 g/mol. The molecule has 0 aliphatic heterocycles. The van der Waals surface area contributed by atoms with Crippen molar-refractivity contribution in [3.8, 4) is 0 Å². The first-order chi connectivity index (χ1) is 7.49. The maximum Gasteiger partial charge on any atom is 0.0518 e. The van der Waals surface area contributed by atoms with Crippen LogP contribution in [0.25, 0.3) is 0 Å². The SMILES string of the molecule is CC(C)OCCCCNC1CCC(C)(C)C1. The summed E-state index contributed by atoms with van der Waals surface area (Å²) in [5.74, 6) is 0. The Labute approximate surface area is 101 Å². The molecule has 1 rings (SSSR count). The fourth-order valence-corrected chi connectivity index (χ4v) is 2.46. The van der Waals surface area contributed by atoms with Gasteiger partial charge in [-0.05, 0) is 57.9 Å². The van der Waals surface area contributed by atoms with Gasteiger partial charge in [0.05, 0.1) is 6.10 Å². The molecule has 2 heteroatoms. The Morgan fingerprint density at radius 2 is 2.06 bits per heavy atom. The molecule has 1 aliphatic rings. The van der Waals surface area contributed by atoms with E-state index in [9.17, 15) is 0 Å².